The standard InChI is InChI=1S/C5H7FO.C2H4F2/c1-2-7-5-3-4-6;3-1-2-4/h2-4H,1,5H2;1-2H2. The van der Waals surface area contributed by atoms with Gasteiger partial charge in [0.1, 0.15) is 20.0 Å². The van der Waals surface area contributed by atoms with Crippen LogP contribution in [0.25, 0.3) is 0 Å². The number of halogens is 3. The van der Waals surface area contributed by atoms with Crippen molar-refractivity contribution in [3.05, 3.63) is 25.2 Å². The Balaban J connectivity index is 0. The van der Waals surface area contributed by atoms with Gasteiger partial charge in [0.2, 0.25) is 0 Å². The van der Waals surface area contributed by atoms with Crippen molar-refractivity contribution in [3.63, 3.8) is 0 Å². The highest BCUT2D eigenvalue weighted by Gasteiger charge is 1.67. The summed E-state index contributed by atoms with van der Waals surface area (Å²) in [5.41, 5.74) is 0. The monoisotopic (exact) mass is 168 g/mol. The molecule has 0 radical (unpaired) electrons. The van der Waals surface area contributed by atoms with Crippen LogP contribution in [0.5, 0.6) is 0 Å². The number of rotatable bonds is 4. The van der Waals surface area contributed by atoms with Crippen LogP contribution in [0.3, 0.4) is 0 Å². The summed E-state index contributed by atoms with van der Waals surface area (Å²) in [4.78, 5) is 0. The first kappa shape index (κ1) is 12.7. The summed E-state index contributed by atoms with van der Waals surface area (Å²) >= 11 is 0. The van der Waals surface area contributed by atoms with Gasteiger partial charge in [-0.05, 0) is 6.08 Å². The molecule has 0 heterocycles. The third-order valence-electron chi connectivity index (χ3n) is 0.471. The molecule has 0 saturated carbocycles. The Morgan fingerprint density at radius 3 is 2.09 bits per heavy atom. The zero-order valence-electron chi connectivity index (χ0n) is 6.10. The van der Waals surface area contributed by atoms with Gasteiger partial charge in [0.15, 0.2) is 0 Å². The van der Waals surface area contributed by atoms with Gasteiger partial charge >= 0.3 is 0 Å². The molecule has 0 aliphatic heterocycles. The lowest BCUT2D eigenvalue weighted by Crippen LogP contribution is -1.76. The predicted octanol–water partition coefficient (Wildman–Crippen LogP) is 2.56. The molecule has 0 aliphatic carbocycles. The number of hydrogen-bond donors (Lipinski definition) is 0. The molecule has 4 heteroatoms. The topological polar surface area (TPSA) is 9.23 Å². The Hall–Kier alpha value is -0.930. The second-order valence-electron chi connectivity index (χ2n) is 1.24. The van der Waals surface area contributed by atoms with Crippen LogP contribution in [-0.2, 0) is 4.74 Å². The Bertz CT molecular complexity index is 91.7. The van der Waals surface area contributed by atoms with Crippen molar-refractivity contribution in [1.82, 2.24) is 0 Å². The van der Waals surface area contributed by atoms with E-state index in [1.165, 1.54) is 12.3 Å². The van der Waals surface area contributed by atoms with Gasteiger partial charge < -0.3 is 4.74 Å². The van der Waals surface area contributed by atoms with E-state index in [9.17, 15) is 13.2 Å². The first-order valence-electron chi connectivity index (χ1n) is 2.93. The van der Waals surface area contributed by atoms with Crippen LogP contribution in [0.1, 0.15) is 0 Å². The van der Waals surface area contributed by atoms with Gasteiger partial charge in [0.25, 0.3) is 0 Å². The lowest BCUT2D eigenvalue weighted by Gasteiger charge is -1.87. The Kier molecular flexibility index (Phi) is 18.5. The van der Waals surface area contributed by atoms with E-state index in [1.807, 2.05) is 0 Å². The fraction of sp³-hybridized carbons (Fsp3) is 0.429. The van der Waals surface area contributed by atoms with Gasteiger partial charge in [-0.15, -0.1) is 0 Å². The maximum Gasteiger partial charge on any atom is 0.118 e. The number of ether oxygens (including phenoxy) is 1. The van der Waals surface area contributed by atoms with Crippen molar-refractivity contribution >= 4 is 0 Å². The van der Waals surface area contributed by atoms with Crippen LogP contribution in [0, 0.1) is 0 Å². The van der Waals surface area contributed by atoms with Gasteiger partial charge in [0.05, 0.1) is 12.6 Å². The first-order valence-corrected chi connectivity index (χ1v) is 2.93. The fourth-order valence-electron chi connectivity index (χ4n) is 0.160. The lowest BCUT2D eigenvalue weighted by atomic mass is 10.7. The van der Waals surface area contributed by atoms with E-state index < -0.39 is 13.3 Å². The molecule has 0 aromatic rings. The molecule has 0 atom stereocenters. The van der Waals surface area contributed by atoms with Crippen molar-refractivity contribution < 1.29 is 17.9 Å². The van der Waals surface area contributed by atoms with Crippen LogP contribution in [0.2, 0.25) is 0 Å². The predicted molar refractivity (Wildman–Crippen MR) is 38.3 cm³/mol. The largest absolute Gasteiger partial charge is 0.498 e. The molecule has 0 spiro atoms. The molecule has 0 aromatic carbocycles. The second-order valence-corrected chi connectivity index (χ2v) is 1.24. The third-order valence-corrected chi connectivity index (χ3v) is 0.471. The lowest BCUT2D eigenvalue weighted by molar-refractivity contribution is 0.290. The molecule has 0 rings (SSSR count). The van der Waals surface area contributed by atoms with Crippen molar-refractivity contribution in [2.45, 2.75) is 0 Å². The van der Waals surface area contributed by atoms with Gasteiger partial charge in [-0.2, -0.15) is 0 Å². The van der Waals surface area contributed by atoms with Crippen LogP contribution in [0.15, 0.2) is 25.2 Å². The van der Waals surface area contributed by atoms with E-state index in [0.717, 1.165) is 0 Å². The van der Waals surface area contributed by atoms with Crippen molar-refractivity contribution in [1.29, 1.82) is 0 Å². The molecule has 0 aromatic heterocycles. The maximum absolute atomic E-state index is 11.0. The minimum absolute atomic E-state index is 0.264. The molecule has 0 amide bonds. The summed E-state index contributed by atoms with van der Waals surface area (Å²) in [5, 5.41) is 0. The Morgan fingerprint density at radius 2 is 1.82 bits per heavy atom. The molecule has 11 heavy (non-hydrogen) atoms. The first-order chi connectivity index (χ1) is 5.33. The molecular formula is C7H11F3O. The molecule has 0 unspecified atom stereocenters. The summed E-state index contributed by atoms with van der Waals surface area (Å²) in [6.07, 6.45) is 2.95. The van der Waals surface area contributed by atoms with Crippen LogP contribution < -0.4 is 0 Å². The average molecular weight is 168 g/mol. The van der Waals surface area contributed by atoms with Crippen molar-refractivity contribution in [2.24, 2.45) is 0 Å². The quantitative estimate of drug-likeness (QED) is 0.463. The molecule has 0 saturated heterocycles. The summed E-state index contributed by atoms with van der Waals surface area (Å²) < 4.78 is 36.2. The molecule has 0 aliphatic rings. The van der Waals surface area contributed by atoms with Gasteiger partial charge in [-0.3, -0.25) is 0 Å². The summed E-state index contributed by atoms with van der Waals surface area (Å²) in [5.74, 6) is 0. The molecule has 0 bridgehead atoms. The molecular weight excluding hydrogens is 157 g/mol. The zero-order chi connectivity index (χ0) is 8.95. The van der Waals surface area contributed by atoms with E-state index in [0.29, 0.717) is 6.33 Å². The highest BCUT2D eigenvalue weighted by molar-refractivity contribution is 4.71. The number of hydrogen-bond acceptors (Lipinski definition) is 1. The van der Waals surface area contributed by atoms with Gasteiger partial charge in [0, 0.05) is 0 Å². The van der Waals surface area contributed by atoms with Crippen molar-refractivity contribution in [3.8, 4) is 0 Å². The van der Waals surface area contributed by atoms with Crippen LogP contribution in [-0.4, -0.2) is 20.0 Å². The summed E-state index contributed by atoms with van der Waals surface area (Å²) in [6.45, 7) is 1.82. The van der Waals surface area contributed by atoms with Crippen molar-refractivity contribution in [2.75, 3.05) is 20.0 Å². The maximum atomic E-state index is 11.0. The van der Waals surface area contributed by atoms with E-state index in [2.05, 4.69) is 11.3 Å². The average Bonchev–Trinajstić information content (AvgIpc) is 2.06. The summed E-state index contributed by atoms with van der Waals surface area (Å²) in [6, 6.07) is 0. The minimum atomic E-state index is -0.847. The fourth-order valence-corrected chi connectivity index (χ4v) is 0.160. The molecule has 66 valence electrons. The molecule has 0 fully saturated rings. The Labute approximate surface area is 64.2 Å². The Morgan fingerprint density at radius 1 is 1.27 bits per heavy atom. The smallest absolute Gasteiger partial charge is 0.118 e. The molecule has 0 N–H and O–H groups in total. The minimum Gasteiger partial charge on any atom is -0.498 e. The van der Waals surface area contributed by atoms with Crippen LogP contribution in [0.4, 0.5) is 13.2 Å². The number of alkyl halides is 2. The van der Waals surface area contributed by atoms with E-state index in [4.69, 9.17) is 0 Å². The third kappa shape index (κ3) is 27.4. The zero-order valence-corrected chi connectivity index (χ0v) is 6.10. The van der Waals surface area contributed by atoms with E-state index in [1.54, 1.807) is 0 Å². The van der Waals surface area contributed by atoms with Gasteiger partial charge in [-0.1, -0.05) is 6.58 Å². The summed E-state index contributed by atoms with van der Waals surface area (Å²) in [7, 11) is 0. The van der Waals surface area contributed by atoms with Gasteiger partial charge in [-0.25, -0.2) is 13.2 Å². The van der Waals surface area contributed by atoms with E-state index >= 15 is 0 Å². The van der Waals surface area contributed by atoms with E-state index in [-0.39, 0.29) is 6.61 Å². The second kappa shape index (κ2) is 16.0. The normalized spacial score (nSPS) is 8.64. The SMILES string of the molecule is C=COCC=CF.FCCF. The highest BCUT2D eigenvalue weighted by atomic mass is 19.2. The molecule has 1 nitrogen and oxygen atoms in total. The van der Waals surface area contributed by atoms with Crippen LogP contribution >= 0.6 is 0 Å². The highest BCUT2D eigenvalue weighted by Crippen LogP contribution is 1.76.